The van der Waals surface area contributed by atoms with E-state index in [1.807, 2.05) is 0 Å². The number of imide groups is 1. The van der Waals surface area contributed by atoms with Crippen LogP contribution in [-0.2, 0) is 9.47 Å². The zero-order valence-corrected chi connectivity index (χ0v) is 13.3. The molecule has 0 atom stereocenters. The number of carbonyl (C=O) groups excluding carboxylic acids is 4. The van der Waals surface area contributed by atoms with Gasteiger partial charge in [0, 0.05) is 25.6 Å². The molecule has 0 saturated heterocycles. The van der Waals surface area contributed by atoms with Crippen LogP contribution in [0.2, 0.25) is 0 Å². The molecule has 0 N–H and O–H groups in total. The third-order valence-corrected chi connectivity index (χ3v) is 4.45. The Morgan fingerprint density at radius 2 is 1.76 bits per heavy atom. The average molecular weight is 339 g/mol. The molecule has 4 rings (SSSR count). The van der Waals surface area contributed by atoms with Crippen LogP contribution in [-0.4, -0.2) is 48.9 Å². The van der Waals surface area contributed by atoms with Crippen LogP contribution in [0.4, 0.5) is 0 Å². The van der Waals surface area contributed by atoms with E-state index in [1.165, 1.54) is 12.1 Å². The second kappa shape index (κ2) is 5.49. The van der Waals surface area contributed by atoms with Gasteiger partial charge in [-0.2, -0.15) is 0 Å². The first kappa shape index (κ1) is 15.5. The summed E-state index contributed by atoms with van der Waals surface area (Å²) < 4.78 is 9.68. The van der Waals surface area contributed by atoms with Gasteiger partial charge in [-0.05, 0) is 23.9 Å². The minimum atomic E-state index is -0.811. The van der Waals surface area contributed by atoms with Gasteiger partial charge in [0.15, 0.2) is 0 Å². The van der Waals surface area contributed by atoms with Gasteiger partial charge in [0.25, 0.3) is 11.8 Å². The summed E-state index contributed by atoms with van der Waals surface area (Å²) in [4.78, 5) is 50.6. The fourth-order valence-electron chi connectivity index (χ4n) is 3.35. The maximum Gasteiger partial charge on any atom is 0.346 e. The van der Waals surface area contributed by atoms with Crippen molar-refractivity contribution in [3.63, 3.8) is 0 Å². The Morgan fingerprint density at radius 1 is 1.00 bits per heavy atom. The minimum Gasteiger partial charge on any atom is -0.386 e. The van der Waals surface area contributed by atoms with Crippen molar-refractivity contribution in [2.75, 3.05) is 20.3 Å². The van der Waals surface area contributed by atoms with E-state index in [4.69, 9.17) is 9.47 Å². The van der Waals surface area contributed by atoms with Gasteiger partial charge in [0.2, 0.25) is 0 Å². The number of nitrogens with zero attached hydrogens (tertiary/aromatic N) is 1. The summed E-state index contributed by atoms with van der Waals surface area (Å²) in [5.41, 5.74) is 0.732. The lowest BCUT2D eigenvalue weighted by atomic mass is 9.91. The average Bonchev–Trinajstić information content (AvgIpc) is 2.84. The molecule has 7 nitrogen and oxygen atoms in total. The fourth-order valence-corrected chi connectivity index (χ4v) is 3.35. The van der Waals surface area contributed by atoms with Gasteiger partial charge in [-0.15, -0.1) is 0 Å². The lowest BCUT2D eigenvalue weighted by Crippen LogP contribution is -2.31. The molecule has 2 aliphatic rings. The topological polar surface area (TPSA) is 90.0 Å². The van der Waals surface area contributed by atoms with Gasteiger partial charge < -0.3 is 9.47 Å². The molecule has 0 aliphatic carbocycles. The fraction of sp³-hybridized carbons (Fsp3) is 0.222. The van der Waals surface area contributed by atoms with Crippen LogP contribution in [0.25, 0.3) is 10.8 Å². The second-order valence-corrected chi connectivity index (χ2v) is 5.86. The Morgan fingerprint density at radius 3 is 2.52 bits per heavy atom. The third-order valence-electron chi connectivity index (χ3n) is 4.45. The van der Waals surface area contributed by atoms with Gasteiger partial charge in [-0.1, -0.05) is 12.1 Å². The van der Waals surface area contributed by atoms with Crippen molar-refractivity contribution in [3.05, 3.63) is 46.5 Å². The zero-order valence-electron chi connectivity index (χ0n) is 13.3. The maximum atomic E-state index is 12.8. The minimum absolute atomic E-state index is 0.129. The van der Waals surface area contributed by atoms with E-state index in [-0.39, 0.29) is 28.8 Å². The standard InChI is InChI=1S/C18H13NO6/c1-24-7-3-6-19-15(20)11-8-12-13-9(14(11)16(19)21)4-2-5-10(13)17(22)25-18(12)23/h2,4-5,8H,3,6-7H2,1H3. The Kier molecular flexibility index (Phi) is 3.40. The molecule has 0 aromatic heterocycles. The van der Waals surface area contributed by atoms with Crippen molar-refractivity contribution in [1.29, 1.82) is 0 Å². The van der Waals surface area contributed by atoms with Crippen molar-refractivity contribution in [2.24, 2.45) is 0 Å². The molecule has 0 bridgehead atoms. The summed E-state index contributed by atoms with van der Waals surface area (Å²) in [7, 11) is 1.54. The molecular weight excluding hydrogens is 326 g/mol. The van der Waals surface area contributed by atoms with Crippen LogP contribution >= 0.6 is 0 Å². The molecule has 0 saturated carbocycles. The van der Waals surface area contributed by atoms with Crippen molar-refractivity contribution in [1.82, 2.24) is 4.90 Å². The Labute approximate surface area is 142 Å². The number of methoxy groups -OCH3 is 1. The molecule has 2 aromatic carbocycles. The SMILES string of the molecule is COCCCN1C(=O)c2cc3c4c(cccc4c2C1=O)C(=O)OC3=O. The highest BCUT2D eigenvalue weighted by atomic mass is 16.6. The van der Waals surface area contributed by atoms with Gasteiger partial charge in [-0.25, -0.2) is 9.59 Å². The molecule has 25 heavy (non-hydrogen) atoms. The van der Waals surface area contributed by atoms with Gasteiger partial charge in [-0.3, -0.25) is 14.5 Å². The van der Waals surface area contributed by atoms with E-state index in [9.17, 15) is 19.2 Å². The summed E-state index contributed by atoms with van der Waals surface area (Å²) in [5, 5.41) is 0.782. The molecule has 2 aromatic rings. The predicted octanol–water partition coefficient (Wildman–Crippen LogP) is 1.78. The number of amides is 2. The lowest BCUT2D eigenvalue weighted by molar-refractivity contribution is 0.0390. The van der Waals surface area contributed by atoms with Crippen LogP contribution in [0.5, 0.6) is 0 Å². The highest BCUT2D eigenvalue weighted by Crippen LogP contribution is 2.37. The van der Waals surface area contributed by atoms with E-state index in [0.717, 1.165) is 4.90 Å². The molecular formula is C18H13NO6. The molecule has 7 heteroatoms. The number of esters is 2. The largest absolute Gasteiger partial charge is 0.386 e. The van der Waals surface area contributed by atoms with Gasteiger partial charge >= 0.3 is 11.9 Å². The Hall–Kier alpha value is -3.06. The summed E-state index contributed by atoms with van der Waals surface area (Å²) in [6.45, 7) is 0.643. The van der Waals surface area contributed by atoms with Gasteiger partial charge in [0.1, 0.15) is 0 Å². The first-order valence-electron chi connectivity index (χ1n) is 7.76. The highest BCUT2D eigenvalue weighted by molar-refractivity contribution is 6.31. The number of hydrogen-bond donors (Lipinski definition) is 0. The smallest absolute Gasteiger partial charge is 0.346 e. The molecule has 0 unspecified atom stereocenters. The maximum absolute atomic E-state index is 12.8. The van der Waals surface area contributed by atoms with Crippen molar-refractivity contribution < 1.29 is 28.7 Å². The summed E-state index contributed by atoms with van der Waals surface area (Å²) in [6, 6.07) is 6.12. The molecule has 126 valence electrons. The number of carbonyl (C=O) groups is 4. The van der Waals surface area contributed by atoms with E-state index >= 15 is 0 Å². The number of rotatable bonds is 4. The van der Waals surface area contributed by atoms with Crippen molar-refractivity contribution >= 4 is 34.5 Å². The molecule has 2 amide bonds. The normalized spacial score (nSPS) is 15.8. The van der Waals surface area contributed by atoms with E-state index in [0.29, 0.717) is 23.8 Å². The predicted molar refractivity (Wildman–Crippen MR) is 85.6 cm³/mol. The number of ether oxygens (including phenoxy) is 2. The van der Waals surface area contributed by atoms with Crippen molar-refractivity contribution in [3.8, 4) is 0 Å². The van der Waals surface area contributed by atoms with Gasteiger partial charge in [0.05, 0.1) is 22.3 Å². The lowest BCUT2D eigenvalue weighted by Gasteiger charge is -2.16. The quantitative estimate of drug-likeness (QED) is 0.365. The van der Waals surface area contributed by atoms with Crippen LogP contribution in [0, 0.1) is 0 Å². The molecule has 0 radical (unpaired) electrons. The van der Waals surface area contributed by atoms with E-state index < -0.39 is 23.8 Å². The van der Waals surface area contributed by atoms with Crippen LogP contribution in [0.3, 0.4) is 0 Å². The zero-order chi connectivity index (χ0) is 17.7. The summed E-state index contributed by atoms with van der Waals surface area (Å²) >= 11 is 0. The first-order chi connectivity index (χ1) is 12.0. The van der Waals surface area contributed by atoms with E-state index in [1.54, 1.807) is 19.2 Å². The molecule has 0 fully saturated rings. The number of cyclic esters (lactones) is 2. The molecule has 0 spiro atoms. The van der Waals surface area contributed by atoms with Crippen molar-refractivity contribution in [2.45, 2.75) is 6.42 Å². The van der Waals surface area contributed by atoms with E-state index in [2.05, 4.69) is 0 Å². The first-order valence-corrected chi connectivity index (χ1v) is 7.76. The number of hydrogen-bond acceptors (Lipinski definition) is 6. The third kappa shape index (κ3) is 2.09. The highest BCUT2D eigenvalue weighted by Gasteiger charge is 2.40. The summed E-state index contributed by atoms with van der Waals surface area (Å²) in [5.74, 6) is -2.44. The molecule has 2 heterocycles. The second-order valence-electron chi connectivity index (χ2n) is 5.86. The Balaban J connectivity index is 1.93. The number of benzene rings is 2. The molecule has 2 aliphatic heterocycles. The Bertz CT molecular complexity index is 977. The monoisotopic (exact) mass is 339 g/mol. The summed E-state index contributed by atoms with van der Waals surface area (Å²) in [6.07, 6.45) is 0.512. The van der Waals surface area contributed by atoms with Crippen LogP contribution in [0.15, 0.2) is 24.3 Å². The number of fused-ring (bicyclic) bond motifs is 2. The van der Waals surface area contributed by atoms with Crippen LogP contribution < -0.4 is 0 Å². The van der Waals surface area contributed by atoms with Crippen LogP contribution in [0.1, 0.15) is 47.9 Å².